The zero-order chi connectivity index (χ0) is 10.7. The average Bonchev–Trinajstić information content (AvgIpc) is 2.09. The fourth-order valence-corrected chi connectivity index (χ4v) is 1.09. The molecule has 0 radical (unpaired) electrons. The lowest BCUT2D eigenvalue weighted by atomic mass is 10.1. The Hall–Kier alpha value is -1.69. The number of nitro benzene ring substituents is 1. The van der Waals surface area contributed by atoms with E-state index in [0.717, 1.165) is 12.1 Å². The second-order valence-electron chi connectivity index (χ2n) is 2.73. The Morgan fingerprint density at radius 1 is 1.57 bits per heavy atom. The highest BCUT2D eigenvalue weighted by Crippen LogP contribution is 2.26. The van der Waals surface area contributed by atoms with Crippen LogP contribution in [0.25, 0.3) is 0 Å². The van der Waals surface area contributed by atoms with E-state index in [9.17, 15) is 19.6 Å². The minimum atomic E-state index is -1.05. The van der Waals surface area contributed by atoms with Gasteiger partial charge in [-0.3, -0.25) is 10.1 Å². The maximum absolute atomic E-state index is 12.9. The molecular weight excluding hydrogens is 191 g/mol. The summed E-state index contributed by atoms with van der Waals surface area (Å²) in [7, 11) is 0. The van der Waals surface area contributed by atoms with Gasteiger partial charge < -0.3 is 10.8 Å². The minimum Gasteiger partial charge on any atom is -0.508 e. The Balaban J connectivity index is 3.20. The van der Waals surface area contributed by atoms with Crippen LogP contribution in [0, 0.1) is 15.9 Å². The molecule has 76 valence electrons. The number of nitrogens with two attached hydrogens (primary N) is 1. The van der Waals surface area contributed by atoms with Crippen LogP contribution in [0.4, 0.5) is 10.1 Å². The number of rotatable bonds is 3. The van der Waals surface area contributed by atoms with E-state index < -0.39 is 16.4 Å². The standard InChI is InChI=1S/C8H9FN2O3/c9-6-4-8(12)5(1-2-10)3-7(6)11(13)14/h3-4,12H,1-2,10H2. The van der Waals surface area contributed by atoms with Gasteiger partial charge in [0, 0.05) is 17.7 Å². The molecule has 0 unspecified atom stereocenters. The third kappa shape index (κ3) is 1.97. The Kier molecular flexibility index (Phi) is 2.98. The van der Waals surface area contributed by atoms with E-state index in [0.29, 0.717) is 0 Å². The van der Waals surface area contributed by atoms with Gasteiger partial charge in [0.25, 0.3) is 0 Å². The van der Waals surface area contributed by atoms with Crippen LogP contribution in [0.15, 0.2) is 12.1 Å². The van der Waals surface area contributed by atoms with Gasteiger partial charge >= 0.3 is 5.69 Å². The van der Waals surface area contributed by atoms with Crippen molar-refractivity contribution in [1.82, 2.24) is 0 Å². The highest BCUT2D eigenvalue weighted by Gasteiger charge is 2.17. The number of nitro groups is 1. The van der Waals surface area contributed by atoms with Crippen molar-refractivity contribution in [3.63, 3.8) is 0 Å². The summed E-state index contributed by atoms with van der Waals surface area (Å²) in [4.78, 5) is 9.50. The predicted octanol–water partition coefficient (Wildman–Crippen LogP) is 0.941. The smallest absolute Gasteiger partial charge is 0.305 e. The van der Waals surface area contributed by atoms with Crippen LogP contribution in [-0.2, 0) is 6.42 Å². The number of hydrogen-bond donors (Lipinski definition) is 2. The molecule has 1 aromatic carbocycles. The molecule has 0 amide bonds. The van der Waals surface area contributed by atoms with E-state index in [2.05, 4.69) is 0 Å². The lowest BCUT2D eigenvalue weighted by Gasteiger charge is -2.02. The van der Waals surface area contributed by atoms with Crippen LogP contribution in [0.1, 0.15) is 5.56 Å². The fraction of sp³-hybridized carbons (Fsp3) is 0.250. The van der Waals surface area contributed by atoms with E-state index in [1.54, 1.807) is 0 Å². The first-order valence-electron chi connectivity index (χ1n) is 3.92. The van der Waals surface area contributed by atoms with Crippen molar-refractivity contribution >= 4 is 5.69 Å². The van der Waals surface area contributed by atoms with Crippen molar-refractivity contribution in [3.8, 4) is 5.75 Å². The molecule has 0 aliphatic heterocycles. The Morgan fingerprint density at radius 3 is 2.71 bits per heavy atom. The summed E-state index contributed by atoms with van der Waals surface area (Å²) in [6.45, 7) is 0.232. The van der Waals surface area contributed by atoms with Crippen LogP contribution >= 0.6 is 0 Å². The molecule has 0 saturated heterocycles. The average molecular weight is 200 g/mol. The van der Waals surface area contributed by atoms with Crippen LogP contribution in [0.2, 0.25) is 0 Å². The monoisotopic (exact) mass is 200 g/mol. The van der Waals surface area contributed by atoms with Gasteiger partial charge in [0.2, 0.25) is 5.82 Å². The van der Waals surface area contributed by atoms with Crippen LogP contribution < -0.4 is 5.73 Å². The van der Waals surface area contributed by atoms with E-state index in [4.69, 9.17) is 5.73 Å². The zero-order valence-corrected chi connectivity index (χ0v) is 7.24. The Bertz CT molecular complexity index is 368. The summed E-state index contributed by atoms with van der Waals surface area (Å²) >= 11 is 0. The molecule has 6 heteroatoms. The Labute approximate surface area is 79.1 Å². The van der Waals surface area contributed by atoms with E-state index in [1.165, 1.54) is 0 Å². The van der Waals surface area contributed by atoms with Crippen molar-refractivity contribution in [3.05, 3.63) is 33.6 Å². The molecular formula is C8H9FN2O3. The van der Waals surface area contributed by atoms with Crippen LogP contribution in [-0.4, -0.2) is 16.6 Å². The topological polar surface area (TPSA) is 89.4 Å². The van der Waals surface area contributed by atoms with Gasteiger partial charge in [-0.25, -0.2) is 0 Å². The summed E-state index contributed by atoms with van der Waals surface area (Å²) in [5.41, 5.74) is 4.85. The zero-order valence-electron chi connectivity index (χ0n) is 7.24. The third-order valence-electron chi connectivity index (χ3n) is 1.76. The molecule has 0 saturated carbocycles. The third-order valence-corrected chi connectivity index (χ3v) is 1.76. The maximum atomic E-state index is 12.9. The first kappa shape index (κ1) is 10.4. The summed E-state index contributed by atoms with van der Waals surface area (Å²) < 4.78 is 12.9. The van der Waals surface area contributed by atoms with Crippen LogP contribution in [0.3, 0.4) is 0 Å². The second-order valence-corrected chi connectivity index (χ2v) is 2.73. The number of benzene rings is 1. The largest absolute Gasteiger partial charge is 0.508 e. The number of hydrogen-bond acceptors (Lipinski definition) is 4. The second kappa shape index (κ2) is 4.01. The molecule has 0 aromatic heterocycles. The molecule has 3 N–H and O–H groups in total. The number of nitrogens with zero attached hydrogens (tertiary/aromatic N) is 1. The normalized spacial score (nSPS) is 10.1. The molecule has 14 heavy (non-hydrogen) atoms. The molecule has 0 bridgehead atoms. The lowest BCUT2D eigenvalue weighted by molar-refractivity contribution is -0.387. The van der Waals surface area contributed by atoms with Crippen molar-refractivity contribution in [2.45, 2.75) is 6.42 Å². The van der Waals surface area contributed by atoms with Gasteiger partial charge in [-0.2, -0.15) is 4.39 Å². The minimum absolute atomic E-state index is 0.232. The molecule has 0 heterocycles. The van der Waals surface area contributed by atoms with Crippen molar-refractivity contribution < 1.29 is 14.4 Å². The summed E-state index contributed by atoms with van der Waals surface area (Å²) in [5, 5.41) is 19.6. The number of aromatic hydroxyl groups is 1. The summed E-state index contributed by atoms with van der Waals surface area (Å²) in [6, 6.07) is 1.72. The van der Waals surface area contributed by atoms with Crippen molar-refractivity contribution in [1.29, 1.82) is 0 Å². The van der Waals surface area contributed by atoms with E-state index in [-0.39, 0.29) is 24.3 Å². The van der Waals surface area contributed by atoms with Crippen molar-refractivity contribution in [2.24, 2.45) is 5.73 Å². The van der Waals surface area contributed by atoms with Gasteiger partial charge in [-0.05, 0) is 13.0 Å². The van der Waals surface area contributed by atoms with Crippen LogP contribution in [0.5, 0.6) is 5.75 Å². The molecule has 1 aromatic rings. The molecule has 0 fully saturated rings. The number of halogens is 1. The summed E-state index contributed by atoms with van der Waals surface area (Å²) in [5.74, 6) is -1.35. The highest BCUT2D eigenvalue weighted by molar-refractivity contribution is 5.44. The Morgan fingerprint density at radius 2 is 2.21 bits per heavy atom. The lowest BCUT2D eigenvalue weighted by Crippen LogP contribution is -2.04. The first-order chi connectivity index (χ1) is 6.56. The van der Waals surface area contributed by atoms with E-state index in [1.807, 2.05) is 0 Å². The summed E-state index contributed by atoms with van der Waals surface area (Å²) in [6.07, 6.45) is 0.271. The maximum Gasteiger partial charge on any atom is 0.305 e. The van der Waals surface area contributed by atoms with E-state index >= 15 is 0 Å². The fourth-order valence-electron chi connectivity index (χ4n) is 1.09. The van der Waals surface area contributed by atoms with Gasteiger partial charge in [0.05, 0.1) is 4.92 Å². The van der Waals surface area contributed by atoms with Gasteiger partial charge in [0.1, 0.15) is 5.75 Å². The van der Waals surface area contributed by atoms with Crippen molar-refractivity contribution in [2.75, 3.05) is 6.54 Å². The molecule has 0 aliphatic carbocycles. The van der Waals surface area contributed by atoms with Gasteiger partial charge in [-0.15, -0.1) is 0 Å². The molecule has 1 rings (SSSR count). The number of phenols is 1. The predicted molar refractivity (Wildman–Crippen MR) is 47.5 cm³/mol. The molecule has 0 spiro atoms. The number of phenolic OH excluding ortho intramolecular Hbond substituents is 1. The molecule has 0 aliphatic rings. The van der Waals surface area contributed by atoms with Gasteiger partial charge in [0.15, 0.2) is 0 Å². The highest BCUT2D eigenvalue weighted by atomic mass is 19.1. The molecule has 5 nitrogen and oxygen atoms in total. The first-order valence-corrected chi connectivity index (χ1v) is 3.92. The SMILES string of the molecule is NCCc1cc([N+](=O)[O-])c(F)cc1O. The molecule has 0 atom stereocenters. The quantitative estimate of drug-likeness (QED) is 0.561. The van der Waals surface area contributed by atoms with Gasteiger partial charge in [-0.1, -0.05) is 0 Å².